The normalized spacial score (nSPS) is 25.8. The van der Waals surface area contributed by atoms with Crippen molar-refractivity contribution in [3.8, 4) is 5.75 Å². The second-order valence-corrected chi connectivity index (χ2v) is 8.38. The summed E-state index contributed by atoms with van der Waals surface area (Å²) in [6.45, 7) is 8.28. The molecule has 1 amide bonds. The Kier molecular flexibility index (Phi) is 5.92. The van der Waals surface area contributed by atoms with Crippen molar-refractivity contribution in [1.82, 2.24) is 15.2 Å². The topological polar surface area (TPSA) is 79.4 Å². The van der Waals surface area contributed by atoms with Gasteiger partial charge in [0.2, 0.25) is 5.91 Å². The molecule has 4 aliphatic heterocycles. The Labute approximate surface area is 177 Å². The molecule has 0 aromatic carbocycles. The molecule has 1 N–H and O–H groups in total. The molecule has 164 valence electrons. The minimum Gasteiger partial charge on any atom is -0.487 e. The summed E-state index contributed by atoms with van der Waals surface area (Å²) in [6, 6.07) is 2.71. The van der Waals surface area contributed by atoms with Gasteiger partial charge in [0.05, 0.1) is 50.8 Å². The maximum absolute atomic E-state index is 12.6. The quantitative estimate of drug-likeness (QED) is 0.653. The largest absolute Gasteiger partial charge is 0.487 e. The summed E-state index contributed by atoms with van der Waals surface area (Å²) in [7, 11) is 0. The van der Waals surface area contributed by atoms with E-state index in [1.807, 2.05) is 11.1 Å². The molecule has 1 aromatic heterocycles. The van der Waals surface area contributed by atoms with E-state index in [0.717, 1.165) is 56.6 Å². The van der Waals surface area contributed by atoms with Crippen molar-refractivity contribution in [2.75, 3.05) is 82.1 Å². The standard InChI is InChI=1S/C21H31N5O4/c27-20(2-8-29-14-16-1-3-22-16)25-4-5-26-18(13-25)15-30-19-11-17(12-23-21(19)26)24-6-9-28-10-7-24/h11-12,16,18,22H,1-10,13-15H2. The molecule has 0 bridgehead atoms. The minimum absolute atomic E-state index is 0.150. The molecular formula is C21H31N5O4. The van der Waals surface area contributed by atoms with Crippen LogP contribution in [0.4, 0.5) is 11.5 Å². The lowest BCUT2D eigenvalue weighted by molar-refractivity contribution is -0.133. The van der Waals surface area contributed by atoms with Crippen LogP contribution in [0.5, 0.6) is 5.75 Å². The monoisotopic (exact) mass is 417 g/mol. The molecule has 2 unspecified atom stereocenters. The zero-order valence-corrected chi connectivity index (χ0v) is 17.4. The highest BCUT2D eigenvalue weighted by Crippen LogP contribution is 2.36. The highest BCUT2D eigenvalue weighted by atomic mass is 16.5. The number of ether oxygens (including phenoxy) is 3. The van der Waals surface area contributed by atoms with Crippen molar-refractivity contribution < 1.29 is 19.0 Å². The van der Waals surface area contributed by atoms with Crippen molar-refractivity contribution >= 4 is 17.4 Å². The zero-order valence-electron chi connectivity index (χ0n) is 17.4. The number of morpholine rings is 1. The van der Waals surface area contributed by atoms with E-state index in [0.29, 0.717) is 45.4 Å². The van der Waals surface area contributed by atoms with Crippen molar-refractivity contribution in [2.24, 2.45) is 0 Å². The lowest BCUT2D eigenvalue weighted by Crippen LogP contribution is -2.58. The molecule has 0 spiro atoms. The van der Waals surface area contributed by atoms with Gasteiger partial charge >= 0.3 is 0 Å². The average Bonchev–Trinajstić information content (AvgIpc) is 2.77. The molecule has 2 atom stereocenters. The Morgan fingerprint density at radius 3 is 2.93 bits per heavy atom. The van der Waals surface area contributed by atoms with Gasteiger partial charge in [-0.15, -0.1) is 0 Å². The van der Waals surface area contributed by atoms with Gasteiger partial charge in [0.1, 0.15) is 6.61 Å². The molecule has 3 saturated heterocycles. The first-order chi connectivity index (χ1) is 14.8. The van der Waals surface area contributed by atoms with Crippen molar-refractivity contribution in [2.45, 2.75) is 24.9 Å². The second kappa shape index (κ2) is 8.95. The summed E-state index contributed by atoms with van der Waals surface area (Å²) in [5, 5.41) is 3.30. The van der Waals surface area contributed by atoms with Crippen LogP contribution in [0.3, 0.4) is 0 Å². The number of nitrogens with zero attached hydrogens (tertiary/aromatic N) is 4. The van der Waals surface area contributed by atoms with Crippen LogP contribution in [0.1, 0.15) is 12.8 Å². The number of anilines is 2. The minimum atomic E-state index is 0.150. The number of aromatic nitrogens is 1. The first-order valence-electron chi connectivity index (χ1n) is 11.1. The highest BCUT2D eigenvalue weighted by molar-refractivity contribution is 5.77. The number of rotatable bonds is 6. The molecule has 30 heavy (non-hydrogen) atoms. The molecule has 0 saturated carbocycles. The summed E-state index contributed by atoms with van der Waals surface area (Å²) in [5.41, 5.74) is 1.08. The van der Waals surface area contributed by atoms with Crippen LogP contribution in [0.15, 0.2) is 12.3 Å². The van der Waals surface area contributed by atoms with Crippen LogP contribution in [-0.4, -0.2) is 100 Å². The molecule has 4 aliphatic rings. The fourth-order valence-corrected chi connectivity index (χ4v) is 4.47. The van der Waals surface area contributed by atoms with E-state index >= 15 is 0 Å². The fourth-order valence-electron chi connectivity index (χ4n) is 4.47. The summed E-state index contributed by atoms with van der Waals surface area (Å²) >= 11 is 0. The first kappa shape index (κ1) is 19.8. The van der Waals surface area contributed by atoms with Crippen LogP contribution >= 0.6 is 0 Å². The van der Waals surface area contributed by atoms with Crippen molar-refractivity contribution in [3.05, 3.63) is 12.3 Å². The van der Waals surface area contributed by atoms with Gasteiger partial charge in [-0.3, -0.25) is 4.79 Å². The number of nitrogens with one attached hydrogen (secondary N) is 1. The SMILES string of the molecule is O=C(CCOCC1CCN1)N1CCN2c3ncc(N4CCOCC4)cc3OCC2C1. The summed E-state index contributed by atoms with van der Waals surface area (Å²) in [5.74, 6) is 1.90. The highest BCUT2D eigenvalue weighted by Gasteiger charge is 2.35. The zero-order chi connectivity index (χ0) is 20.3. The van der Waals surface area contributed by atoms with Gasteiger partial charge in [-0.25, -0.2) is 4.98 Å². The Morgan fingerprint density at radius 2 is 2.13 bits per heavy atom. The third kappa shape index (κ3) is 4.19. The van der Waals surface area contributed by atoms with Crippen LogP contribution < -0.4 is 19.9 Å². The van der Waals surface area contributed by atoms with E-state index in [1.54, 1.807) is 0 Å². The molecule has 9 heteroatoms. The van der Waals surface area contributed by atoms with Crippen molar-refractivity contribution in [3.63, 3.8) is 0 Å². The predicted octanol–water partition coefficient (Wildman–Crippen LogP) is 0.0964. The maximum Gasteiger partial charge on any atom is 0.225 e. The predicted molar refractivity (Wildman–Crippen MR) is 112 cm³/mol. The van der Waals surface area contributed by atoms with Crippen LogP contribution in [0, 0.1) is 0 Å². The van der Waals surface area contributed by atoms with E-state index in [2.05, 4.69) is 21.2 Å². The lowest BCUT2D eigenvalue weighted by Gasteiger charge is -2.45. The summed E-state index contributed by atoms with van der Waals surface area (Å²) in [6.07, 6.45) is 3.54. The van der Waals surface area contributed by atoms with E-state index < -0.39 is 0 Å². The fraction of sp³-hybridized carbons (Fsp3) is 0.714. The first-order valence-corrected chi connectivity index (χ1v) is 11.1. The van der Waals surface area contributed by atoms with Crippen LogP contribution in [0.2, 0.25) is 0 Å². The Balaban J connectivity index is 1.15. The van der Waals surface area contributed by atoms with Gasteiger partial charge < -0.3 is 34.2 Å². The van der Waals surface area contributed by atoms with Gasteiger partial charge in [0.15, 0.2) is 11.6 Å². The van der Waals surface area contributed by atoms with Gasteiger partial charge in [-0.2, -0.15) is 0 Å². The Hall–Kier alpha value is -2.10. The third-order valence-electron chi connectivity index (χ3n) is 6.44. The smallest absolute Gasteiger partial charge is 0.225 e. The molecule has 0 radical (unpaired) electrons. The lowest BCUT2D eigenvalue weighted by atomic mass is 10.1. The molecule has 3 fully saturated rings. The molecule has 9 nitrogen and oxygen atoms in total. The van der Waals surface area contributed by atoms with E-state index in [1.165, 1.54) is 6.42 Å². The number of piperazine rings is 1. The molecule has 5 rings (SSSR count). The Bertz CT molecular complexity index is 753. The summed E-state index contributed by atoms with van der Waals surface area (Å²) in [4.78, 5) is 23.9. The van der Waals surface area contributed by atoms with E-state index in [9.17, 15) is 4.79 Å². The third-order valence-corrected chi connectivity index (χ3v) is 6.44. The number of carbonyl (C=O) groups excluding carboxylic acids is 1. The van der Waals surface area contributed by atoms with Crippen molar-refractivity contribution in [1.29, 1.82) is 0 Å². The maximum atomic E-state index is 12.6. The summed E-state index contributed by atoms with van der Waals surface area (Å²) < 4.78 is 17.1. The second-order valence-electron chi connectivity index (χ2n) is 8.38. The number of carbonyl (C=O) groups is 1. The number of fused-ring (bicyclic) bond motifs is 3. The van der Waals surface area contributed by atoms with Gasteiger partial charge in [-0.1, -0.05) is 0 Å². The molecule has 5 heterocycles. The molecule has 0 aliphatic carbocycles. The van der Waals surface area contributed by atoms with E-state index in [4.69, 9.17) is 19.2 Å². The van der Waals surface area contributed by atoms with Gasteiger partial charge in [-0.05, 0) is 13.0 Å². The number of hydrogen-bond acceptors (Lipinski definition) is 8. The average molecular weight is 418 g/mol. The number of pyridine rings is 1. The van der Waals surface area contributed by atoms with E-state index in [-0.39, 0.29) is 11.9 Å². The van der Waals surface area contributed by atoms with Crippen LogP contribution in [-0.2, 0) is 14.3 Å². The number of hydrogen-bond donors (Lipinski definition) is 1. The van der Waals surface area contributed by atoms with Gasteiger partial charge in [0.25, 0.3) is 0 Å². The van der Waals surface area contributed by atoms with Gasteiger partial charge in [0, 0.05) is 44.8 Å². The molecule has 1 aromatic rings. The Morgan fingerprint density at radius 1 is 1.27 bits per heavy atom. The number of amides is 1. The van der Waals surface area contributed by atoms with Crippen LogP contribution in [0.25, 0.3) is 0 Å². The molecular weight excluding hydrogens is 386 g/mol.